The van der Waals surface area contributed by atoms with Gasteiger partial charge in [-0.05, 0) is 50.8 Å². The summed E-state index contributed by atoms with van der Waals surface area (Å²) in [7, 11) is -0.361. The number of carbonyl (C=O) groups excluding carboxylic acids is 1. The van der Waals surface area contributed by atoms with Crippen LogP contribution >= 0.6 is 11.0 Å². The van der Waals surface area contributed by atoms with Crippen LogP contribution in [-0.4, -0.2) is 17.8 Å². The molecule has 27 heavy (non-hydrogen) atoms. The number of rotatable bonds is 18. The van der Waals surface area contributed by atoms with Gasteiger partial charge in [0.25, 0.3) is 0 Å². The molecule has 0 saturated carbocycles. The molecule has 158 valence electrons. The molecule has 0 aromatic heterocycles. The Balaban J connectivity index is 1.77. The zero-order chi connectivity index (χ0) is 19.6. The fraction of sp³-hybridized carbons (Fsp3) is 0.818. The summed E-state index contributed by atoms with van der Waals surface area (Å²) in [5.41, 5.74) is 2.97. The lowest BCUT2D eigenvalue weighted by Crippen LogP contribution is -2.29. The molecule has 0 amide bonds. The van der Waals surface area contributed by atoms with Crippen molar-refractivity contribution < 1.29 is 9.08 Å². The van der Waals surface area contributed by atoms with E-state index in [2.05, 4.69) is 35.1 Å². The molecule has 0 aromatic rings. The van der Waals surface area contributed by atoms with Gasteiger partial charge in [-0.25, -0.2) is 9.01 Å². The second-order valence-corrected chi connectivity index (χ2v) is 8.72. The Morgan fingerprint density at radius 1 is 0.926 bits per heavy atom. The number of carbonyl (C=O) groups is 1. The Hall–Kier alpha value is -0.490. The van der Waals surface area contributed by atoms with Gasteiger partial charge in [0.2, 0.25) is 0 Å². The predicted molar refractivity (Wildman–Crippen MR) is 120 cm³/mol. The average Bonchev–Trinajstić information content (AvgIpc) is 3.08. The molecule has 4 nitrogen and oxygen atoms in total. The van der Waals surface area contributed by atoms with E-state index in [0.29, 0.717) is 5.78 Å². The molecule has 1 heterocycles. The van der Waals surface area contributed by atoms with E-state index in [0.717, 1.165) is 38.5 Å². The largest absolute Gasteiger partial charge is 0.300 e. The molecule has 1 aliphatic heterocycles. The fourth-order valence-electron chi connectivity index (χ4n) is 3.28. The van der Waals surface area contributed by atoms with Crippen LogP contribution in [0.3, 0.4) is 0 Å². The minimum Gasteiger partial charge on any atom is -0.300 e. The number of hydroxylamine groups is 1. The molecule has 0 aromatic carbocycles. The maximum Gasteiger partial charge on any atom is 0.132 e. The minimum atomic E-state index is -0.361. The number of hydrogen-bond acceptors (Lipinski definition) is 4. The molecule has 2 atom stereocenters. The maximum atomic E-state index is 11.7. The van der Waals surface area contributed by atoms with Gasteiger partial charge in [-0.3, -0.25) is 4.79 Å². The van der Waals surface area contributed by atoms with Crippen LogP contribution in [0.5, 0.6) is 0 Å². The molecule has 2 unspecified atom stereocenters. The Labute approximate surface area is 170 Å². The molecule has 0 spiro atoms. The smallest absolute Gasteiger partial charge is 0.132 e. The van der Waals surface area contributed by atoms with Crippen LogP contribution in [0.15, 0.2) is 12.2 Å². The predicted octanol–water partition coefficient (Wildman–Crippen LogP) is 6.35. The van der Waals surface area contributed by atoms with Crippen molar-refractivity contribution in [1.82, 2.24) is 10.2 Å². The highest BCUT2D eigenvalue weighted by atomic mass is 32.2. The van der Waals surface area contributed by atoms with E-state index in [1.165, 1.54) is 64.2 Å². The average molecular weight is 399 g/mol. The number of Topliss-reactive ketones (excluding diaryl/α,β-unsaturated/α-hetero) is 1. The first-order valence-electron chi connectivity index (χ1n) is 11.1. The SMILES string of the molecule is C=S1NC(CCCCCC/C=C\CCCCCC(=O)CCCCCC)NO1. The molecule has 1 aliphatic rings. The molecule has 5 heteroatoms. The Morgan fingerprint density at radius 3 is 2.11 bits per heavy atom. The van der Waals surface area contributed by atoms with Crippen LogP contribution in [0.4, 0.5) is 0 Å². The van der Waals surface area contributed by atoms with Gasteiger partial charge >= 0.3 is 0 Å². The van der Waals surface area contributed by atoms with E-state index < -0.39 is 0 Å². The van der Waals surface area contributed by atoms with Crippen molar-refractivity contribution in [2.45, 2.75) is 116 Å². The molecular weight excluding hydrogens is 356 g/mol. The zero-order valence-corrected chi connectivity index (χ0v) is 18.3. The first kappa shape index (κ1) is 24.5. The molecule has 2 N–H and O–H groups in total. The van der Waals surface area contributed by atoms with Crippen molar-refractivity contribution >= 4 is 22.6 Å². The van der Waals surface area contributed by atoms with Crippen LogP contribution in [0.1, 0.15) is 110 Å². The third-order valence-corrected chi connectivity index (χ3v) is 5.83. The van der Waals surface area contributed by atoms with Crippen molar-refractivity contribution in [3.05, 3.63) is 12.2 Å². The summed E-state index contributed by atoms with van der Waals surface area (Å²) < 4.78 is 8.45. The summed E-state index contributed by atoms with van der Waals surface area (Å²) in [5, 5.41) is 0. The van der Waals surface area contributed by atoms with Gasteiger partial charge in [-0.15, -0.1) is 0 Å². The molecule has 0 aliphatic carbocycles. The number of unbranched alkanes of at least 4 members (excludes halogenated alkanes) is 10. The third kappa shape index (κ3) is 15.1. The molecule has 1 fully saturated rings. The van der Waals surface area contributed by atoms with E-state index in [1.54, 1.807) is 0 Å². The second kappa shape index (κ2) is 17.6. The van der Waals surface area contributed by atoms with E-state index >= 15 is 0 Å². The van der Waals surface area contributed by atoms with Gasteiger partial charge in [0, 0.05) is 23.8 Å². The molecular formula is C22H42N2O2S. The van der Waals surface area contributed by atoms with Gasteiger partial charge in [0.15, 0.2) is 0 Å². The third-order valence-electron chi connectivity index (χ3n) is 4.98. The van der Waals surface area contributed by atoms with Crippen molar-refractivity contribution in [3.8, 4) is 0 Å². The van der Waals surface area contributed by atoms with Gasteiger partial charge in [-0.2, -0.15) is 5.48 Å². The standard InChI is InChI=1S/C22H42N2O2S/c1-3-4-5-15-18-21(25)19-16-13-11-9-7-6-8-10-12-14-17-20-22-23-26-27(2)24-22/h6-7,22-24H,2-5,8-20H2,1H3/b7-6-. The normalized spacial score (nSPS) is 19.9. The van der Waals surface area contributed by atoms with E-state index in [4.69, 9.17) is 4.28 Å². The first-order chi connectivity index (χ1) is 13.2. The monoisotopic (exact) mass is 398 g/mol. The lowest BCUT2D eigenvalue weighted by Gasteiger charge is -2.06. The van der Waals surface area contributed by atoms with Crippen molar-refractivity contribution in [3.63, 3.8) is 0 Å². The van der Waals surface area contributed by atoms with Gasteiger partial charge in [0.05, 0.1) is 6.17 Å². The number of nitrogens with one attached hydrogen (secondary N) is 2. The highest BCUT2D eigenvalue weighted by Gasteiger charge is 2.15. The van der Waals surface area contributed by atoms with Crippen molar-refractivity contribution in [2.24, 2.45) is 0 Å². The molecule has 1 rings (SSSR count). The number of ketones is 1. The second-order valence-electron chi connectivity index (χ2n) is 7.63. The first-order valence-corrected chi connectivity index (χ1v) is 12.4. The topological polar surface area (TPSA) is 50.4 Å². The summed E-state index contributed by atoms with van der Waals surface area (Å²) in [4.78, 5) is 11.7. The Morgan fingerprint density at radius 2 is 1.52 bits per heavy atom. The van der Waals surface area contributed by atoms with Crippen LogP contribution in [0.25, 0.3) is 0 Å². The van der Waals surface area contributed by atoms with Gasteiger partial charge < -0.3 is 0 Å². The summed E-state index contributed by atoms with van der Waals surface area (Å²) in [5.74, 6) is 4.30. The minimum absolute atomic E-state index is 0.280. The lowest BCUT2D eigenvalue weighted by molar-refractivity contribution is -0.119. The fourth-order valence-corrected chi connectivity index (χ4v) is 4.04. The zero-order valence-electron chi connectivity index (χ0n) is 17.5. The van der Waals surface area contributed by atoms with Crippen LogP contribution < -0.4 is 10.2 Å². The lowest BCUT2D eigenvalue weighted by atomic mass is 10.0. The summed E-state index contributed by atoms with van der Waals surface area (Å²) in [6.07, 6.45) is 23.4. The molecule has 0 radical (unpaired) electrons. The van der Waals surface area contributed by atoms with Crippen LogP contribution in [-0.2, 0) is 9.08 Å². The number of hydrogen-bond donors (Lipinski definition) is 2. The van der Waals surface area contributed by atoms with Gasteiger partial charge in [0.1, 0.15) is 5.78 Å². The van der Waals surface area contributed by atoms with Crippen molar-refractivity contribution in [1.29, 1.82) is 0 Å². The van der Waals surface area contributed by atoms with E-state index in [1.807, 2.05) is 0 Å². The summed E-state index contributed by atoms with van der Waals surface area (Å²) >= 11 is 0. The van der Waals surface area contributed by atoms with E-state index in [9.17, 15) is 4.79 Å². The Bertz CT molecular complexity index is 427. The summed E-state index contributed by atoms with van der Waals surface area (Å²) in [6.45, 7) is 2.21. The maximum absolute atomic E-state index is 11.7. The quantitative estimate of drug-likeness (QED) is 0.160. The highest BCUT2D eigenvalue weighted by Crippen LogP contribution is 2.16. The molecule has 0 bridgehead atoms. The van der Waals surface area contributed by atoms with Crippen LogP contribution in [0, 0.1) is 0 Å². The summed E-state index contributed by atoms with van der Waals surface area (Å²) in [6, 6.07) is 0. The molecule has 1 saturated heterocycles. The van der Waals surface area contributed by atoms with Crippen LogP contribution in [0.2, 0.25) is 0 Å². The van der Waals surface area contributed by atoms with Crippen molar-refractivity contribution in [2.75, 3.05) is 0 Å². The Kier molecular flexibility index (Phi) is 16.0. The number of allylic oxidation sites excluding steroid dienone is 2. The van der Waals surface area contributed by atoms with E-state index in [-0.39, 0.29) is 17.1 Å². The van der Waals surface area contributed by atoms with Gasteiger partial charge in [-0.1, -0.05) is 64.0 Å². The highest BCUT2D eigenvalue weighted by molar-refractivity contribution is 8.08.